The Balaban J connectivity index is 2.14. The second kappa shape index (κ2) is 4.99. The molecule has 1 heterocycles. The van der Waals surface area contributed by atoms with Crippen LogP contribution in [0.15, 0.2) is 47.3 Å². The minimum atomic E-state index is -0.883. The van der Waals surface area contributed by atoms with Gasteiger partial charge < -0.3 is 9.52 Å². The van der Waals surface area contributed by atoms with Gasteiger partial charge in [-0.1, -0.05) is 38.1 Å². The highest BCUT2D eigenvalue weighted by molar-refractivity contribution is 5.27. The normalized spacial score (nSPS) is 14.7. The number of furan rings is 1. The monoisotopic (exact) mass is 244 g/mol. The molecule has 2 rings (SSSR count). The fourth-order valence-electron chi connectivity index (χ4n) is 2.09. The van der Waals surface area contributed by atoms with Gasteiger partial charge in [-0.2, -0.15) is 0 Å². The molecule has 1 aromatic heterocycles. The highest BCUT2D eigenvalue weighted by atomic mass is 16.3. The Labute approximate surface area is 108 Å². The van der Waals surface area contributed by atoms with Crippen molar-refractivity contribution in [2.75, 3.05) is 0 Å². The second-order valence-corrected chi connectivity index (χ2v) is 5.36. The van der Waals surface area contributed by atoms with Crippen LogP contribution < -0.4 is 0 Å². The molecule has 1 aromatic carbocycles. The third-order valence-corrected chi connectivity index (χ3v) is 3.34. The van der Waals surface area contributed by atoms with Crippen molar-refractivity contribution in [1.82, 2.24) is 0 Å². The van der Waals surface area contributed by atoms with Crippen LogP contribution in [0.25, 0.3) is 0 Å². The Morgan fingerprint density at radius 3 is 2.33 bits per heavy atom. The molecule has 2 heteroatoms. The van der Waals surface area contributed by atoms with Crippen LogP contribution in [0.4, 0.5) is 0 Å². The van der Waals surface area contributed by atoms with E-state index in [-0.39, 0.29) is 0 Å². The highest BCUT2D eigenvalue weighted by Crippen LogP contribution is 2.26. The molecule has 0 radical (unpaired) electrons. The molecule has 0 amide bonds. The van der Waals surface area contributed by atoms with Crippen LogP contribution in [0.3, 0.4) is 0 Å². The molecule has 2 aromatic rings. The molecule has 0 fully saturated rings. The zero-order valence-corrected chi connectivity index (χ0v) is 11.2. The molecule has 1 atom stereocenters. The Bertz CT molecular complexity index is 478. The van der Waals surface area contributed by atoms with E-state index in [1.54, 1.807) is 12.5 Å². The zero-order valence-electron chi connectivity index (χ0n) is 11.2. The maximum Gasteiger partial charge on any atom is 0.0963 e. The van der Waals surface area contributed by atoms with Gasteiger partial charge in [0.1, 0.15) is 0 Å². The average Bonchev–Trinajstić information content (AvgIpc) is 2.83. The maximum absolute atomic E-state index is 10.4. The average molecular weight is 244 g/mol. The van der Waals surface area contributed by atoms with Crippen molar-refractivity contribution >= 4 is 0 Å². The molecular weight excluding hydrogens is 224 g/mol. The third kappa shape index (κ3) is 2.82. The molecule has 0 aliphatic carbocycles. The number of benzene rings is 1. The molecule has 1 N–H and O–H groups in total. The minimum absolute atomic E-state index is 0.536. The van der Waals surface area contributed by atoms with Crippen molar-refractivity contribution in [2.45, 2.75) is 38.7 Å². The van der Waals surface area contributed by atoms with Gasteiger partial charge in [-0.05, 0) is 30.0 Å². The molecule has 96 valence electrons. The Hall–Kier alpha value is -1.54. The predicted molar refractivity (Wildman–Crippen MR) is 72.5 cm³/mol. The first-order valence-corrected chi connectivity index (χ1v) is 6.33. The molecule has 0 aliphatic rings. The molecule has 0 bridgehead atoms. The van der Waals surface area contributed by atoms with Gasteiger partial charge in [0, 0.05) is 12.0 Å². The van der Waals surface area contributed by atoms with Gasteiger partial charge >= 0.3 is 0 Å². The lowest BCUT2D eigenvalue weighted by atomic mass is 9.90. The van der Waals surface area contributed by atoms with E-state index in [1.165, 1.54) is 5.56 Å². The predicted octanol–water partition coefficient (Wildman–Crippen LogP) is 3.85. The summed E-state index contributed by atoms with van der Waals surface area (Å²) < 4.78 is 5.03. The summed E-state index contributed by atoms with van der Waals surface area (Å²) >= 11 is 0. The minimum Gasteiger partial charge on any atom is -0.472 e. The second-order valence-electron chi connectivity index (χ2n) is 5.36. The Morgan fingerprint density at radius 2 is 1.83 bits per heavy atom. The summed E-state index contributed by atoms with van der Waals surface area (Å²) in [4.78, 5) is 0. The summed E-state index contributed by atoms with van der Waals surface area (Å²) in [7, 11) is 0. The van der Waals surface area contributed by atoms with Crippen molar-refractivity contribution in [3.63, 3.8) is 0 Å². The van der Waals surface area contributed by atoms with Crippen LogP contribution in [0.5, 0.6) is 0 Å². The summed E-state index contributed by atoms with van der Waals surface area (Å²) in [6.07, 6.45) is 3.78. The SMILES string of the molecule is CC(C)c1ccc(CC(C)(O)c2ccoc2)cc1. The summed E-state index contributed by atoms with van der Waals surface area (Å²) in [5, 5.41) is 10.4. The van der Waals surface area contributed by atoms with Crippen molar-refractivity contribution in [3.05, 3.63) is 59.5 Å². The van der Waals surface area contributed by atoms with Crippen molar-refractivity contribution in [3.8, 4) is 0 Å². The summed E-state index contributed by atoms with van der Waals surface area (Å²) in [6, 6.07) is 10.2. The van der Waals surface area contributed by atoms with E-state index in [0.717, 1.165) is 11.1 Å². The fourth-order valence-corrected chi connectivity index (χ4v) is 2.09. The third-order valence-electron chi connectivity index (χ3n) is 3.34. The lowest BCUT2D eigenvalue weighted by Gasteiger charge is -2.22. The van der Waals surface area contributed by atoms with E-state index in [1.807, 2.05) is 13.0 Å². The lowest BCUT2D eigenvalue weighted by molar-refractivity contribution is 0.0570. The number of hydrogen-bond donors (Lipinski definition) is 1. The zero-order chi connectivity index (χ0) is 13.2. The topological polar surface area (TPSA) is 33.4 Å². The van der Waals surface area contributed by atoms with Crippen LogP contribution in [0, 0.1) is 0 Å². The van der Waals surface area contributed by atoms with Crippen molar-refractivity contribution in [1.29, 1.82) is 0 Å². The van der Waals surface area contributed by atoms with E-state index >= 15 is 0 Å². The number of hydrogen-bond acceptors (Lipinski definition) is 2. The molecule has 0 saturated carbocycles. The van der Waals surface area contributed by atoms with E-state index in [2.05, 4.69) is 38.1 Å². The number of rotatable bonds is 4. The highest BCUT2D eigenvalue weighted by Gasteiger charge is 2.24. The van der Waals surface area contributed by atoms with Gasteiger partial charge in [-0.25, -0.2) is 0 Å². The molecule has 0 spiro atoms. The molecule has 0 aliphatic heterocycles. The summed E-state index contributed by atoms with van der Waals surface area (Å²) in [5.74, 6) is 0.536. The Morgan fingerprint density at radius 1 is 1.17 bits per heavy atom. The largest absolute Gasteiger partial charge is 0.472 e. The summed E-state index contributed by atoms with van der Waals surface area (Å²) in [5.41, 5.74) is 2.38. The summed E-state index contributed by atoms with van der Waals surface area (Å²) in [6.45, 7) is 6.17. The van der Waals surface area contributed by atoms with Crippen LogP contribution in [-0.4, -0.2) is 5.11 Å². The maximum atomic E-state index is 10.4. The number of aliphatic hydroxyl groups is 1. The quantitative estimate of drug-likeness (QED) is 0.886. The van der Waals surface area contributed by atoms with Gasteiger partial charge in [-0.15, -0.1) is 0 Å². The lowest BCUT2D eigenvalue weighted by Crippen LogP contribution is -2.23. The van der Waals surface area contributed by atoms with E-state index in [4.69, 9.17) is 4.42 Å². The first-order chi connectivity index (χ1) is 8.49. The smallest absolute Gasteiger partial charge is 0.0963 e. The van der Waals surface area contributed by atoms with Crippen molar-refractivity contribution in [2.24, 2.45) is 0 Å². The molecule has 18 heavy (non-hydrogen) atoms. The van der Waals surface area contributed by atoms with Gasteiger partial charge in [0.25, 0.3) is 0 Å². The van der Waals surface area contributed by atoms with Crippen LogP contribution in [-0.2, 0) is 12.0 Å². The molecular formula is C16H20O2. The first-order valence-electron chi connectivity index (χ1n) is 6.33. The van der Waals surface area contributed by atoms with Gasteiger partial charge in [0.05, 0.1) is 18.1 Å². The van der Waals surface area contributed by atoms with Crippen LogP contribution >= 0.6 is 0 Å². The first kappa shape index (κ1) is 12.9. The van der Waals surface area contributed by atoms with Gasteiger partial charge in [-0.3, -0.25) is 0 Å². The van der Waals surface area contributed by atoms with E-state index < -0.39 is 5.60 Å². The van der Waals surface area contributed by atoms with E-state index in [9.17, 15) is 5.11 Å². The van der Waals surface area contributed by atoms with Gasteiger partial charge in [0.15, 0.2) is 0 Å². The standard InChI is InChI=1S/C16H20O2/c1-12(2)14-6-4-13(5-7-14)10-16(3,17)15-8-9-18-11-15/h4-9,11-12,17H,10H2,1-3H3. The van der Waals surface area contributed by atoms with Crippen LogP contribution in [0.2, 0.25) is 0 Å². The van der Waals surface area contributed by atoms with E-state index in [0.29, 0.717) is 12.3 Å². The molecule has 1 unspecified atom stereocenters. The fraction of sp³-hybridized carbons (Fsp3) is 0.375. The Kier molecular flexibility index (Phi) is 3.58. The van der Waals surface area contributed by atoms with Gasteiger partial charge in [0.2, 0.25) is 0 Å². The van der Waals surface area contributed by atoms with Crippen molar-refractivity contribution < 1.29 is 9.52 Å². The molecule has 0 saturated heterocycles. The van der Waals surface area contributed by atoms with Crippen LogP contribution in [0.1, 0.15) is 43.4 Å². The molecule has 2 nitrogen and oxygen atoms in total.